The molecule has 0 saturated heterocycles. The van der Waals surface area contributed by atoms with Gasteiger partial charge < -0.3 is 19.3 Å². The van der Waals surface area contributed by atoms with E-state index in [2.05, 4.69) is 31.2 Å². The van der Waals surface area contributed by atoms with Crippen LogP contribution in [0.15, 0.2) is 84.9 Å². The Kier molecular flexibility index (Phi) is 10.7. The summed E-state index contributed by atoms with van der Waals surface area (Å²) in [5.74, 6) is 1.24. The number of nitrogens with zero attached hydrogens (tertiary/aromatic N) is 2. The second-order valence-corrected chi connectivity index (χ2v) is 12.8. The highest BCUT2D eigenvalue weighted by molar-refractivity contribution is 7.11. The van der Waals surface area contributed by atoms with Gasteiger partial charge in [0.1, 0.15) is 6.54 Å². The third kappa shape index (κ3) is 7.88. The summed E-state index contributed by atoms with van der Waals surface area (Å²) in [5, 5.41) is 0. The molecule has 0 bridgehead atoms. The number of thiophene rings is 1. The van der Waals surface area contributed by atoms with Crippen molar-refractivity contribution in [1.82, 2.24) is 9.80 Å². The smallest absolute Gasteiger partial charge is 0.254 e. The summed E-state index contributed by atoms with van der Waals surface area (Å²) in [6.45, 7) is 3.20. The molecule has 7 heteroatoms. The van der Waals surface area contributed by atoms with Gasteiger partial charge in [0.05, 0.1) is 20.8 Å². The minimum Gasteiger partial charge on any atom is -0.493 e. The molecule has 6 nitrogen and oxygen atoms in total. The van der Waals surface area contributed by atoms with Crippen molar-refractivity contribution < 1.29 is 19.1 Å². The van der Waals surface area contributed by atoms with Gasteiger partial charge in [0.25, 0.3) is 5.91 Å². The topological polar surface area (TPSA) is 59.1 Å². The molecule has 1 saturated carbocycles. The molecule has 2 amide bonds. The Morgan fingerprint density at radius 3 is 2.18 bits per heavy atom. The summed E-state index contributed by atoms with van der Waals surface area (Å²) in [7, 11) is 3.25. The summed E-state index contributed by atoms with van der Waals surface area (Å²) in [6.07, 6.45) is 5.84. The molecule has 0 radical (unpaired) electrons. The highest BCUT2D eigenvalue weighted by atomic mass is 32.1. The molecule has 0 aliphatic heterocycles. The van der Waals surface area contributed by atoms with Gasteiger partial charge >= 0.3 is 0 Å². The van der Waals surface area contributed by atoms with Crippen LogP contribution in [0, 0.1) is 6.92 Å². The van der Waals surface area contributed by atoms with E-state index in [9.17, 15) is 9.59 Å². The van der Waals surface area contributed by atoms with Crippen LogP contribution in [0.25, 0.3) is 11.1 Å². The van der Waals surface area contributed by atoms with Gasteiger partial charge in [0.2, 0.25) is 5.91 Å². The molecular weight excluding hydrogens is 568 g/mol. The SMILES string of the molecule is COc1ccc(CCN(Cc2ccc(C)s2)C(=O)CN(C(=O)c2ccc(-c3ccccc3)cc2)C2CCCCC2)cc1OC. The third-order valence-electron chi connectivity index (χ3n) is 8.43. The summed E-state index contributed by atoms with van der Waals surface area (Å²) in [5.41, 5.74) is 3.85. The van der Waals surface area contributed by atoms with Crippen LogP contribution in [0.5, 0.6) is 11.5 Å². The van der Waals surface area contributed by atoms with Crippen LogP contribution in [0.1, 0.15) is 57.8 Å². The second-order valence-electron chi connectivity index (χ2n) is 11.4. The van der Waals surface area contributed by atoms with Gasteiger partial charge in [-0.3, -0.25) is 9.59 Å². The van der Waals surface area contributed by atoms with Gasteiger partial charge in [0, 0.05) is 27.9 Å². The zero-order chi connectivity index (χ0) is 30.9. The van der Waals surface area contributed by atoms with Gasteiger partial charge in [-0.05, 0) is 79.3 Å². The number of ether oxygens (including phenoxy) is 2. The molecule has 1 aliphatic carbocycles. The zero-order valence-corrected chi connectivity index (χ0v) is 26.8. The Bertz CT molecular complexity index is 1530. The molecule has 0 N–H and O–H groups in total. The molecule has 0 atom stereocenters. The Morgan fingerprint density at radius 2 is 1.52 bits per heavy atom. The lowest BCUT2D eigenvalue weighted by Crippen LogP contribution is -2.48. The Hall–Kier alpha value is -4.10. The van der Waals surface area contributed by atoms with E-state index >= 15 is 0 Å². The van der Waals surface area contributed by atoms with Crippen LogP contribution in [0.3, 0.4) is 0 Å². The normalized spacial score (nSPS) is 13.3. The Balaban J connectivity index is 1.36. The molecule has 0 unspecified atom stereocenters. The summed E-state index contributed by atoms with van der Waals surface area (Å²) >= 11 is 1.70. The van der Waals surface area contributed by atoms with Crippen LogP contribution in [0.4, 0.5) is 0 Å². The molecular formula is C37H42N2O4S. The quantitative estimate of drug-likeness (QED) is 0.164. The largest absolute Gasteiger partial charge is 0.493 e. The number of hydrogen-bond donors (Lipinski definition) is 0. The fourth-order valence-corrected chi connectivity index (χ4v) is 6.86. The number of benzene rings is 3. The maximum Gasteiger partial charge on any atom is 0.254 e. The predicted octanol–water partition coefficient (Wildman–Crippen LogP) is 7.79. The lowest BCUT2D eigenvalue weighted by Gasteiger charge is -2.35. The molecule has 230 valence electrons. The third-order valence-corrected chi connectivity index (χ3v) is 9.42. The van der Waals surface area contributed by atoms with Crippen molar-refractivity contribution in [3.8, 4) is 22.6 Å². The first-order valence-corrected chi connectivity index (χ1v) is 16.3. The van der Waals surface area contributed by atoms with E-state index in [0.717, 1.165) is 47.3 Å². The predicted molar refractivity (Wildman–Crippen MR) is 178 cm³/mol. The van der Waals surface area contributed by atoms with Crippen molar-refractivity contribution in [2.75, 3.05) is 27.3 Å². The summed E-state index contributed by atoms with van der Waals surface area (Å²) < 4.78 is 10.9. The lowest BCUT2D eigenvalue weighted by molar-refractivity contribution is -0.133. The molecule has 1 aromatic heterocycles. The summed E-state index contributed by atoms with van der Waals surface area (Å²) in [4.78, 5) is 34.3. The number of methoxy groups -OCH3 is 2. The maximum absolute atomic E-state index is 14.1. The number of carbonyl (C=O) groups excluding carboxylic acids is 2. The lowest BCUT2D eigenvalue weighted by atomic mass is 9.93. The molecule has 0 spiro atoms. The van der Waals surface area contributed by atoms with E-state index in [1.54, 1.807) is 25.6 Å². The van der Waals surface area contributed by atoms with Gasteiger partial charge in [-0.25, -0.2) is 0 Å². The van der Waals surface area contributed by atoms with Crippen molar-refractivity contribution in [3.05, 3.63) is 106 Å². The fourth-order valence-electron chi connectivity index (χ4n) is 5.96. The highest BCUT2D eigenvalue weighted by Gasteiger charge is 2.30. The molecule has 5 rings (SSSR count). The molecule has 1 aliphatic rings. The van der Waals surface area contributed by atoms with Crippen LogP contribution in [-0.2, 0) is 17.8 Å². The average molecular weight is 611 g/mol. The Labute approximate surface area is 265 Å². The van der Waals surface area contributed by atoms with Gasteiger partial charge in [-0.15, -0.1) is 11.3 Å². The van der Waals surface area contributed by atoms with Crippen molar-refractivity contribution in [1.29, 1.82) is 0 Å². The number of aryl methyl sites for hydroxylation is 1. The fraction of sp³-hybridized carbons (Fsp3) is 0.351. The summed E-state index contributed by atoms with van der Waals surface area (Å²) in [6, 6.07) is 28.1. The maximum atomic E-state index is 14.1. The van der Waals surface area contributed by atoms with Crippen LogP contribution >= 0.6 is 11.3 Å². The number of rotatable bonds is 12. The standard InChI is InChI=1S/C37H42N2O4S/c1-27-14-20-33(44-27)25-38(23-22-28-15-21-34(42-2)35(24-28)43-3)36(40)26-39(32-12-8-5-9-13-32)37(41)31-18-16-30(17-19-31)29-10-6-4-7-11-29/h4,6-7,10-11,14-21,24,32H,5,8-9,12-13,22-23,25-26H2,1-3H3. The van der Waals surface area contributed by atoms with Crippen molar-refractivity contribution in [3.63, 3.8) is 0 Å². The highest BCUT2D eigenvalue weighted by Crippen LogP contribution is 2.29. The first-order chi connectivity index (χ1) is 21.4. The van der Waals surface area contributed by atoms with Crippen molar-refractivity contribution in [2.45, 2.75) is 58.0 Å². The first kappa shape index (κ1) is 31.3. The van der Waals surface area contributed by atoms with Crippen molar-refractivity contribution in [2.24, 2.45) is 0 Å². The number of carbonyl (C=O) groups is 2. The molecule has 3 aromatic carbocycles. The average Bonchev–Trinajstić information content (AvgIpc) is 3.50. The molecule has 1 heterocycles. The van der Waals surface area contributed by atoms with E-state index in [-0.39, 0.29) is 24.4 Å². The van der Waals surface area contributed by atoms with Gasteiger partial charge in [-0.1, -0.05) is 67.8 Å². The van der Waals surface area contributed by atoms with Gasteiger partial charge in [-0.2, -0.15) is 0 Å². The second kappa shape index (κ2) is 15.1. The first-order valence-electron chi connectivity index (χ1n) is 15.5. The van der Waals surface area contributed by atoms with E-state index in [1.807, 2.05) is 70.5 Å². The van der Waals surface area contributed by atoms with Crippen LogP contribution < -0.4 is 9.47 Å². The van der Waals surface area contributed by atoms with Gasteiger partial charge in [0.15, 0.2) is 11.5 Å². The van der Waals surface area contributed by atoms with E-state index in [4.69, 9.17) is 9.47 Å². The molecule has 4 aromatic rings. The van der Waals surface area contributed by atoms with E-state index in [0.29, 0.717) is 36.6 Å². The van der Waals surface area contributed by atoms with E-state index in [1.165, 1.54) is 11.3 Å². The van der Waals surface area contributed by atoms with Crippen molar-refractivity contribution >= 4 is 23.2 Å². The van der Waals surface area contributed by atoms with Crippen LogP contribution in [0.2, 0.25) is 0 Å². The molecule has 1 fully saturated rings. The number of amides is 2. The molecule has 44 heavy (non-hydrogen) atoms. The minimum absolute atomic E-state index is 0.0311. The minimum atomic E-state index is -0.0725. The number of hydrogen-bond acceptors (Lipinski definition) is 5. The monoisotopic (exact) mass is 610 g/mol. The van der Waals surface area contributed by atoms with Crippen LogP contribution in [-0.4, -0.2) is 55.0 Å². The van der Waals surface area contributed by atoms with E-state index < -0.39 is 0 Å². The Morgan fingerprint density at radius 1 is 0.818 bits per heavy atom. The zero-order valence-electron chi connectivity index (χ0n) is 26.0.